The number of carbonyl (C=O) groups is 1. The van der Waals surface area contributed by atoms with Crippen LogP contribution in [0.25, 0.3) is 0 Å². The number of para-hydroxylation sites is 1. The molecule has 0 spiro atoms. The van der Waals surface area contributed by atoms with Gasteiger partial charge in [-0.25, -0.2) is 0 Å². The zero-order valence-corrected chi connectivity index (χ0v) is 20.4. The molecule has 8 heteroatoms. The fraction of sp³-hybridized carbons (Fsp3) is 0.542. The summed E-state index contributed by atoms with van der Waals surface area (Å²) in [6.07, 6.45) is 11.2. The number of aromatic nitrogens is 3. The maximum absolute atomic E-state index is 12.5. The largest absolute Gasteiger partial charge is 0.323 e. The number of nitrogens with zero attached hydrogens (tertiary/aromatic N) is 3. The maximum Gasteiger partial charge on any atom is 0.234 e. The summed E-state index contributed by atoms with van der Waals surface area (Å²) in [5.74, 6) is 3.78. The third-order valence-corrected chi connectivity index (χ3v) is 8.96. The molecular formula is C24H28Cl2N4OS. The fourth-order valence-corrected chi connectivity index (χ4v) is 7.89. The van der Waals surface area contributed by atoms with Gasteiger partial charge in [-0.1, -0.05) is 47.1 Å². The highest BCUT2D eigenvalue weighted by Crippen LogP contribution is 2.61. The van der Waals surface area contributed by atoms with Gasteiger partial charge in [0.15, 0.2) is 5.16 Å². The van der Waals surface area contributed by atoms with Crippen LogP contribution in [0.3, 0.4) is 0 Å². The van der Waals surface area contributed by atoms with Gasteiger partial charge >= 0.3 is 0 Å². The van der Waals surface area contributed by atoms with Crippen molar-refractivity contribution in [2.45, 2.75) is 56.6 Å². The number of hydrogen-bond acceptors (Lipinski definition) is 4. The average molecular weight is 491 g/mol. The number of carbonyl (C=O) groups excluding carboxylic acids is 1. The Labute approximate surface area is 203 Å². The Balaban J connectivity index is 1.27. The van der Waals surface area contributed by atoms with Crippen LogP contribution in [0.4, 0.5) is 5.69 Å². The minimum absolute atomic E-state index is 0.180. The number of thioether (sulfide) groups is 1. The highest BCUT2D eigenvalue weighted by molar-refractivity contribution is 7.99. The second-order valence-corrected chi connectivity index (χ2v) is 11.6. The number of hydrogen-bond donors (Lipinski definition) is 1. The molecule has 4 saturated carbocycles. The van der Waals surface area contributed by atoms with E-state index in [1.807, 2.05) is 6.08 Å². The van der Waals surface area contributed by atoms with Gasteiger partial charge in [0, 0.05) is 13.0 Å². The Kier molecular flexibility index (Phi) is 6.30. The lowest BCUT2D eigenvalue weighted by molar-refractivity contribution is -0.113. The molecule has 0 unspecified atom stereocenters. The minimum atomic E-state index is -0.180. The van der Waals surface area contributed by atoms with Crippen LogP contribution in [0, 0.1) is 23.2 Å². The number of nitrogens with one attached hydrogen (secondary N) is 1. The van der Waals surface area contributed by atoms with Gasteiger partial charge in [-0.3, -0.25) is 4.79 Å². The van der Waals surface area contributed by atoms with Crippen LogP contribution in [0.15, 0.2) is 36.0 Å². The molecule has 1 heterocycles. The standard InChI is InChI=1S/C24H28Cl2N4OS/c1-2-6-30-20(13-24-10-15-7-16(11-24)9-17(8-15)12-24)28-29-23(30)32-14-21(31)27-22-18(25)4-3-5-19(22)26/h2-5,15-17H,1,6-14H2,(H,27,31). The first-order chi connectivity index (χ1) is 15.4. The van der Waals surface area contributed by atoms with E-state index in [-0.39, 0.29) is 11.7 Å². The molecule has 1 aromatic carbocycles. The highest BCUT2D eigenvalue weighted by Gasteiger charge is 2.51. The van der Waals surface area contributed by atoms with Gasteiger partial charge in [0.1, 0.15) is 5.82 Å². The highest BCUT2D eigenvalue weighted by atomic mass is 35.5. The average Bonchev–Trinajstić information content (AvgIpc) is 3.09. The van der Waals surface area contributed by atoms with Crippen molar-refractivity contribution in [3.8, 4) is 0 Å². The second-order valence-electron chi connectivity index (χ2n) is 9.83. The topological polar surface area (TPSA) is 59.8 Å². The molecule has 4 fully saturated rings. The van der Waals surface area contributed by atoms with Crippen LogP contribution < -0.4 is 5.32 Å². The predicted octanol–water partition coefficient (Wildman–Crippen LogP) is 6.26. The molecule has 4 bridgehead atoms. The summed E-state index contributed by atoms with van der Waals surface area (Å²) in [5, 5.41) is 13.4. The molecule has 2 aromatic rings. The van der Waals surface area contributed by atoms with E-state index in [0.29, 0.717) is 27.7 Å². The van der Waals surface area contributed by atoms with E-state index >= 15 is 0 Å². The van der Waals surface area contributed by atoms with Gasteiger partial charge in [-0.15, -0.1) is 16.8 Å². The number of anilines is 1. The van der Waals surface area contributed by atoms with Crippen molar-refractivity contribution in [2.75, 3.05) is 11.1 Å². The summed E-state index contributed by atoms with van der Waals surface area (Å²) < 4.78 is 2.13. The van der Waals surface area contributed by atoms with E-state index in [4.69, 9.17) is 23.2 Å². The van der Waals surface area contributed by atoms with Crippen molar-refractivity contribution >= 4 is 46.6 Å². The molecular weight excluding hydrogens is 463 g/mol. The van der Waals surface area contributed by atoms with Crippen LogP contribution in [0.1, 0.15) is 44.3 Å². The summed E-state index contributed by atoms with van der Waals surface area (Å²) in [5.41, 5.74) is 0.831. The van der Waals surface area contributed by atoms with E-state index in [2.05, 4.69) is 26.7 Å². The minimum Gasteiger partial charge on any atom is -0.323 e. The molecule has 170 valence electrons. The molecule has 4 aliphatic rings. The van der Waals surface area contributed by atoms with Crippen molar-refractivity contribution in [1.29, 1.82) is 0 Å². The Morgan fingerprint density at radius 3 is 2.38 bits per heavy atom. The van der Waals surface area contributed by atoms with E-state index in [1.165, 1.54) is 50.3 Å². The summed E-state index contributed by atoms with van der Waals surface area (Å²) in [6, 6.07) is 5.15. The Morgan fingerprint density at radius 2 is 1.78 bits per heavy atom. The fourth-order valence-electron chi connectivity index (χ4n) is 6.63. The van der Waals surface area contributed by atoms with Crippen molar-refractivity contribution < 1.29 is 4.79 Å². The molecule has 5 nitrogen and oxygen atoms in total. The summed E-state index contributed by atoms with van der Waals surface area (Å²) in [4.78, 5) is 12.5. The normalized spacial score (nSPS) is 28.1. The van der Waals surface area contributed by atoms with Crippen molar-refractivity contribution in [1.82, 2.24) is 14.8 Å². The predicted molar refractivity (Wildman–Crippen MR) is 130 cm³/mol. The Morgan fingerprint density at radius 1 is 1.16 bits per heavy atom. The first kappa shape index (κ1) is 22.3. The number of benzene rings is 1. The summed E-state index contributed by atoms with van der Waals surface area (Å²) in [7, 11) is 0. The van der Waals surface area contributed by atoms with Crippen molar-refractivity contribution in [3.63, 3.8) is 0 Å². The molecule has 0 saturated heterocycles. The van der Waals surface area contributed by atoms with Crippen LogP contribution in [0.2, 0.25) is 10.0 Å². The zero-order valence-electron chi connectivity index (χ0n) is 18.0. The number of rotatable bonds is 8. The molecule has 4 aliphatic carbocycles. The van der Waals surface area contributed by atoms with E-state index < -0.39 is 0 Å². The number of amides is 1. The zero-order chi connectivity index (χ0) is 22.3. The first-order valence-electron chi connectivity index (χ1n) is 11.3. The van der Waals surface area contributed by atoms with Gasteiger partial charge in [-0.05, 0) is 73.8 Å². The smallest absolute Gasteiger partial charge is 0.234 e. The molecule has 0 radical (unpaired) electrons. The third kappa shape index (κ3) is 4.46. The molecule has 1 aromatic heterocycles. The van der Waals surface area contributed by atoms with Gasteiger partial charge in [-0.2, -0.15) is 0 Å². The molecule has 32 heavy (non-hydrogen) atoms. The lowest BCUT2D eigenvalue weighted by Gasteiger charge is -2.56. The molecule has 0 atom stereocenters. The number of halogens is 2. The van der Waals surface area contributed by atoms with Crippen LogP contribution in [-0.2, 0) is 17.8 Å². The van der Waals surface area contributed by atoms with E-state index in [0.717, 1.165) is 35.2 Å². The van der Waals surface area contributed by atoms with Crippen molar-refractivity contribution in [2.24, 2.45) is 23.2 Å². The third-order valence-electron chi connectivity index (χ3n) is 7.36. The van der Waals surface area contributed by atoms with E-state index in [1.54, 1.807) is 18.2 Å². The maximum atomic E-state index is 12.5. The lowest BCUT2D eigenvalue weighted by atomic mass is 9.49. The van der Waals surface area contributed by atoms with Gasteiger partial charge in [0.05, 0.1) is 21.5 Å². The second kappa shape index (κ2) is 9.03. The first-order valence-corrected chi connectivity index (χ1v) is 13.1. The van der Waals surface area contributed by atoms with Crippen LogP contribution in [-0.4, -0.2) is 26.4 Å². The molecule has 6 rings (SSSR count). The van der Waals surface area contributed by atoms with Gasteiger partial charge in [0.25, 0.3) is 0 Å². The monoisotopic (exact) mass is 490 g/mol. The van der Waals surface area contributed by atoms with Gasteiger partial charge < -0.3 is 9.88 Å². The SMILES string of the molecule is C=CCn1c(CC23CC4CC(CC(C4)C2)C3)nnc1SCC(=O)Nc1c(Cl)cccc1Cl. The van der Waals surface area contributed by atoms with Gasteiger partial charge in [0.2, 0.25) is 5.91 Å². The van der Waals surface area contributed by atoms with Crippen LogP contribution in [0.5, 0.6) is 0 Å². The Bertz CT molecular complexity index is 981. The molecule has 0 aliphatic heterocycles. The quantitative estimate of drug-likeness (QED) is 0.350. The van der Waals surface area contributed by atoms with Crippen molar-refractivity contribution in [3.05, 3.63) is 46.7 Å². The molecule has 1 N–H and O–H groups in total. The molecule has 1 amide bonds. The summed E-state index contributed by atoms with van der Waals surface area (Å²) in [6.45, 7) is 4.57. The lowest BCUT2D eigenvalue weighted by Crippen LogP contribution is -2.47. The Hall–Kier alpha value is -1.50. The van der Waals surface area contributed by atoms with Crippen LogP contribution >= 0.6 is 35.0 Å². The number of allylic oxidation sites excluding steroid dienone is 1. The van der Waals surface area contributed by atoms with E-state index in [9.17, 15) is 4.79 Å². The summed E-state index contributed by atoms with van der Waals surface area (Å²) >= 11 is 13.7.